The molecular formula is C17H12ClNO2. The molecule has 1 N–H and O–H groups in total. The Bertz CT molecular complexity index is 859. The van der Waals surface area contributed by atoms with Crippen LogP contribution in [0.2, 0.25) is 5.02 Å². The van der Waals surface area contributed by atoms with Crippen LogP contribution in [0.1, 0.15) is 16.1 Å². The minimum Gasteiger partial charge on any atom is -0.478 e. The molecule has 0 unspecified atom stereocenters. The van der Waals surface area contributed by atoms with Crippen LogP contribution in [-0.4, -0.2) is 16.1 Å². The molecule has 0 aliphatic carbocycles. The first-order chi connectivity index (χ1) is 10.0. The summed E-state index contributed by atoms with van der Waals surface area (Å²) in [5.74, 6) is -1.03. The highest BCUT2D eigenvalue weighted by Gasteiger charge is 2.10. The number of hydrogen-bond donors (Lipinski definition) is 1. The van der Waals surface area contributed by atoms with Crippen molar-refractivity contribution in [1.29, 1.82) is 0 Å². The van der Waals surface area contributed by atoms with Gasteiger partial charge in [-0.3, -0.25) is 4.98 Å². The fourth-order valence-electron chi connectivity index (χ4n) is 2.28. The lowest BCUT2D eigenvalue weighted by molar-refractivity contribution is 0.0697. The van der Waals surface area contributed by atoms with Crippen molar-refractivity contribution in [3.8, 4) is 11.1 Å². The van der Waals surface area contributed by atoms with Crippen molar-refractivity contribution in [3.05, 3.63) is 64.8 Å². The minimum atomic E-state index is -1.03. The summed E-state index contributed by atoms with van der Waals surface area (Å²) >= 11 is 5.90. The van der Waals surface area contributed by atoms with Crippen LogP contribution in [0.5, 0.6) is 0 Å². The summed E-state index contributed by atoms with van der Waals surface area (Å²) < 4.78 is 0. The number of aryl methyl sites for hydroxylation is 1. The Hall–Kier alpha value is -2.39. The number of carboxylic acid groups (broad SMARTS) is 1. The molecule has 21 heavy (non-hydrogen) atoms. The summed E-state index contributed by atoms with van der Waals surface area (Å²) in [6.45, 7) is 1.95. The maximum absolute atomic E-state index is 11.2. The molecule has 0 spiro atoms. The Morgan fingerprint density at radius 3 is 2.52 bits per heavy atom. The minimum absolute atomic E-state index is 0.108. The van der Waals surface area contributed by atoms with Crippen LogP contribution in [0.4, 0.5) is 0 Å². The molecule has 104 valence electrons. The number of hydrogen-bond acceptors (Lipinski definition) is 2. The van der Waals surface area contributed by atoms with Gasteiger partial charge in [-0.05, 0) is 48.4 Å². The van der Waals surface area contributed by atoms with Crippen molar-refractivity contribution >= 4 is 28.5 Å². The number of rotatable bonds is 2. The zero-order valence-corrected chi connectivity index (χ0v) is 12.1. The van der Waals surface area contributed by atoms with Crippen LogP contribution >= 0.6 is 11.6 Å². The molecule has 0 saturated carbocycles. The summed E-state index contributed by atoms with van der Waals surface area (Å²) in [5.41, 5.74) is 3.75. The molecule has 1 heterocycles. The Kier molecular flexibility index (Phi) is 3.35. The molecular weight excluding hydrogens is 286 g/mol. The first-order valence-corrected chi connectivity index (χ1v) is 6.83. The lowest BCUT2D eigenvalue weighted by Crippen LogP contribution is -1.97. The molecule has 3 aromatic rings. The van der Waals surface area contributed by atoms with Crippen LogP contribution in [0.3, 0.4) is 0 Å². The number of aromatic nitrogens is 1. The van der Waals surface area contributed by atoms with E-state index in [0.717, 1.165) is 27.7 Å². The summed E-state index contributed by atoms with van der Waals surface area (Å²) in [7, 11) is 0. The van der Waals surface area contributed by atoms with E-state index >= 15 is 0 Å². The van der Waals surface area contributed by atoms with Crippen molar-refractivity contribution in [1.82, 2.24) is 4.98 Å². The lowest BCUT2D eigenvalue weighted by atomic mass is 10.0. The number of halogens is 1. The maximum atomic E-state index is 11.2. The zero-order valence-electron chi connectivity index (χ0n) is 11.3. The first kappa shape index (κ1) is 13.6. The normalized spacial score (nSPS) is 10.8. The molecule has 0 fully saturated rings. The van der Waals surface area contributed by atoms with Gasteiger partial charge in [-0.25, -0.2) is 4.79 Å². The average molecular weight is 298 g/mol. The number of fused-ring (bicyclic) bond motifs is 1. The standard InChI is InChI=1S/C17H12ClNO2/c1-10-2-3-13-8-11(5-7-16(13)19-10)12-4-6-15(18)14(9-12)17(20)21/h2-9H,1H3,(H,20,21). The van der Waals surface area contributed by atoms with Gasteiger partial charge >= 0.3 is 5.97 Å². The van der Waals surface area contributed by atoms with E-state index in [1.54, 1.807) is 12.1 Å². The molecule has 0 atom stereocenters. The van der Waals surface area contributed by atoms with Crippen molar-refractivity contribution in [2.24, 2.45) is 0 Å². The third-order valence-corrected chi connectivity index (χ3v) is 3.69. The van der Waals surface area contributed by atoms with E-state index in [0.29, 0.717) is 0 Å². The summed E-state index contributed by atoms with van der Waals surface area (Å²) in [6, 6.07) is 14.8. The Morgan fingerprint density at radius 2 is 1.76 bits per heavy atom. The monoisotopic (exact) mass is 297 g/mol. The van der Waals surface area contributed by atoms with Crippen LogP contribution in [0.25, 0.3) is 22.0 Å². The number of carbonyl (C=O) groups is 1. The van der Waals surface area contributed by atoms with Gasteiger partial charge in [-0.1, -0.05) is 29.8 Å². The first-order valence-electron chi connectivity index (χ1n) is 6.45. The number of nitrogens with zero attached hydrogens (tertiary/aromatic N) is 1. The Balaban J connectivity index is 2.14. The molecule has 0 bridgehead atoms. The molecule has 3 nitrogen and oxygen atoms in total. The average Bonchev–Trinajstić information content (AvgIpc) is 2.47. The van der Waals surface area contributed by atoms with Crippen molar-refractivity contribution < 1.29 is 9.90 Å². The van der Waals surface area contributed by atoms with E-state index in [4.69, 9.17) is 16.7 Å². The van der Waals surface area contributed by atoms with E-state index in [1.165, 1.54) is 0 Å². The van der Waals surface area contributed by atoms with Crippen molar-refractivity contribution in [3.63, 3.8) is 0 Å². The molecule has 4 heteroatoms. The van der Waals surface area contributed by atoms with E-state index in [2.05, 4.69) is 4.98 Å². The molecule has 1 aromatic heterocycles. The second kappa shape index (κ2) is 5.19. The summed E-state index contributed by atoms with van der Waals surface area (Å²) in [6.07, 6.45) is 0. The van der Waals surface area contributed by atoms with Crippen molar-refractivity contribution in [2.45, 2.75) is 6.92 Å². The lowest BCUT2D eigenvalue weighted by Gasteiger charge is -2.07. The highest BCUT2D eigenvalue weighted by Crippen LogP contribution is 2.27. The molecule has 0 aliphatic heterocycles. The van der Waals surface area contributed by atoms with E-state index in [9.17, 15) is 4.79 Å². The van der Waals surface area contributed by atoms with Crippen LogP contribution in [0.15, 0.2) is 48.5 Å². The summed E-state index contributed by atoms with van der Waals surface area (Å²) in [5, 5.41) is 10.4. The van der Waals surface area contributed by atoms with Crippen LogP contribution in [-0.2, 0) is 0 Å². The molecule has 3 rings (SSSR count). The fourth-order valence-corrected chi connectivity index (χ4v) is 2.47. The molecule has 0 radical (unpaired) electrons. The number of pyridine rings is 1. The van der Waals surface area contributed by atoms with Gasteiger partial charge in [0.1, 0.15) is 0 Å². The smallest absolute Gasteiger partial charge is 0.337 e. The maximum Gasteiger partial charge on any atom is 0.337 e. The molecule has 0 aliphatic rings. The van der Waals surface area contributed by atoms with Gasteiger partial charge in [-0.15, -0.1) is 0 Å². The van der Waals surface area contributed by atoms with E-state index in [1.807, 2.05) is 43.3 Å². The predicted molar refractivity (Wildman–Crippen MR) is 83.9 cm³/mol. The zero-order chi connectivity index (χ0) is 15.0. The third kappa shape index (κ3) is 2.60. The van der Waals surface area contributed by atoms with E-state index in [-0.39, 0.29) is 10.6 Å². The van der Waals surface area contributed by atoms with Gasteiger partial charge in [0.25, 0.3) is 0 Å². The van der Waals surface area contributed by atoms with Crippen LogP contribution < -0.4 is 0 Å². The second-order valence-electron chi connectivity index (χ2n) is 4.86. The third-order valence-electron chi connectivity index (χ3n) is 3.36. The second-order valence-corrected chi connectivity index (χ2v) is 5.27. The highest BCUT2D eigenvalue weighted by atomic mass is 35.5. The predicted octanol–water partition coefficient (Wildman–Crippen LogP) is 4.56. The van der Waals surface area contributed by atoms with Gasteiger partial charge in [0.05, 0.1) is 16.1 Å². The molecule has 0 amide bonds. The molecule has 2 aromatic carbocycles. The van der Waals surface area contributed by atoms with Gasteiger partial charge < -0.3 is 5.11 Å². The summed E-state index contributed by atoms with van der Waals surface area (Å²) in [4.78, 5) is 15.6. The quantitative estimate of drug-likeness (QED) is 0.754. The van der Waals surface area contributed by atoms with Gasteiger partial charge in [0, 0.05) is 11.1 Å². The number of carboxylic acids is 1. The fraction of sp³-hybridized carbons (Fsp3) is 0.0588. The number of benzene rings is 2. The van der Waals surface area contributed by atoms with Crippen LogP contribution in [0, 0.1) is 6.92 Å². The highest BCUT2D eigenvalue weighted by molar-refractivity contribution is 6.33. The van der Waals surface area contributed by atoms with Gasteiger partial charge in [-0.2, -0.15) is 0 Å². The van der Waals surface area contributed by atoms with E-state index < -0.39 is 5.97 Å². The van der Waals surface area contributed by atoms with Gasteiger partial charge in [0.2, 0.25) is 0 Å². The number of aromatic carboxylic acids is 1. The van der Waals surface area contributed by atoms with Crippen molar-refractivity contribution in [2.75, 3.05) is 0 Å². The molecule has 0 saturated heterocycles. The Morgan fingerprint density at radius 1 is 1.05 bits per heavy atom. The van der Waals surface area contributed by atoms with Gasteiger partial charge in [0.15, 0.2) is 0 Å². The SMILES string of the molecule is Cc1ccc2cc(-c3ccc(Cl)c(C(=O)O)c3)ccc2n1. The topological polar surface area (TPSA) is 50.2 Å². The Labute approximate surface area is 126 Å². The largest absolute Gasteiger partial charge is 0.478 e.